The molecule has 0 saturated carbocycles. The fourth-order valence-corrected chi connectivity index (χ4v) is 3.66. The van der Waals surface area contributed by atoms with Gasteiger partial charge in [0.25, 0.3) is 0 Å². The van der Waals surface area contributed by atoms with Crippen LogP contribution in [0.3, 0.4) is 0 Å². The van der Waals surface area contributed by atoms with Crippen molar-refractivity contribution in [2.75, 3.05) is 18.9 Å². The lowest BCUT2D eigenvalue weighted by Gasteiger charge is -2.34. The first-order valence-electron chi connectivity index (χ1n) is 5.91. The largest absolute Gasteiger partial charge is 0.302 e. The van der Waals surface area contributed by atoms with Gasteiger partial charge in [0.15, 0.2) is 0 Å². The van der Waals surface area contributed by atoms with Crippen molar-refractivity contribution in [1.29, 1.82) is 0 Å². The predicted molar refractivity (Wildman–Crippen MR) is 77.5 cm³/mol. The lowest BCUT2D eigenvalue weighted by molar-refractivity contribution is 0.180. The second-order valence-electron chi connectivity index (χ2n) is 4.64. The topological polar surface area (TPSA) is 3.24 Å². The zero-order valence-electron chi connectivity index (χ0n) is 10.5. The van der Waals surface area contributed by atoms with Crippen LogP contribution in [0.25, 0.3) is 0 Å². The normalized spacial score (nSPS) is 12.3. The van der Waals surface area contributed by atoms with Crippen LogP contribution in [0, 0.1) is 5.41 Å². The van der Waals surface area contributed by atoms with Crippen LogP contribution in [-0.4, -0.2) is 23.8 Å². The highest BCUT2D eigenvalue weighted by atomic mass is 79.9. The summed E-state index contributed by atoms with van der Waals surface area (Å²) in [6.45, 7) is 6.83. The first kappa shape index (κ1) is 14.2. The molecular weight excluding hydrogens is 282 g/mol. The Morgan fingerprint density at radius 1 is 1.38 bits per heavy atom. The third-order valence-corrected chi connectivity index (χ3v) is 5.34. The van der Waals surface area contributed by atoms with E-state index in [0.29, 0.717) is 5.41 Å². The molecule has 1 nitrogen and oxygen atoms in total. The van der Waals surface area contributed by atoms with E-state index in [1.54, 1.807) is 11.3 Å². The van der Waals surface area contributed by atoms with E-state index in [2.05, 4.69) is 58.6 Å². The minimum atomic E-state index is 0.435. The smallest absolute Gasteiger partial charge is 0.0239 e. The molecule has 0 aliphatic rings. The summed E-state index contributed by atoms with van der Waals surface area (Å²) in [6, 6.07) is 2.22. The zero-order chi connectivity index (χ0) is 12.0. The summed E-state index contributed by atoms with van der Waals surface area (Å²) < 4.78 is 0. The van der Waals surface area contributed by atoms with Crippen molar-refractivity contribution in [2.45, 2.75) is 33.2 Å². The van der Waals surface area contributed by atoms with E-state index >= 15 is 0 Å². The Morgan fingerprint density at radius 3 is 2.50 bits per heavy atom. The number of nitrogens with zero attached hydrogens (tertiary/aromatic N) is 1. The molecule has 0 aliphatic carbocycles. The van der Waals surface area contributed by atoms with Gasteiger partial charge in [0.05, 0.1) is 0 Å². The van der Waals surface area contributed by atoms with Crippen LogP contribution < -0.4 is 0 Å². The van der Waals surface area contributed by atoms with Crippen LogP contribution in [0.2, 0.25) is 0 Å². The number of halogens is 1. The van der Waals surface area contributed by atoms with Gasteiger partial charge in [-0.15, -0.1) is 0 Å². The van der Waals surface area contributed by atoms with Crippen LogP contribution in [0.15, 0.2) is 16.8 Å². The first-order chi connectivity index (χ1) is 7.65. The van der Waals surface area contributed by atoms with Crippen LogP contribution in [0.5, 0.6) is 0 Å². The fourth-order valence-electron chi connectivity index (χ4n) is 2.03. The van der Waals surface area contributed by atoms with Crippen molar-refractivity contribution < 1.29 is 0 Å². The molecule has 0 spiro atoms. The Kier molecular flexibility index (Phi) is 6.01. The lowest BCUT2D eigenvalue weighted by atomic mass is 9.84. The molecule has 0 N–H and O–H groups in total. The Morgan fingerprint density at radius 2 is 2.06 bits per heavy atom. The van der Waals surface area contributed by atoms with E-state index in [-0.39, 0.29) is 0 Å². The van der Waals surface area contributed by atoms with Crippen LogP contribution in [0.1, 0.15) is 32.3 Å². The van der Waals surface area contributed by atoms with Gasteiger partial charge in [0.2, 0.25) is 0 Å². The third-order valence-electron chi connectivity index (χ3n) is 3.42. The molecule has 3 heteroatoms. The second-order valence-corrected chi connectivity index (χ2v) is 5.99. The lowest BCUT2D eigenvalue weighted by Crippen LogP contribution is -2.35. The molecule has 0 aromatic carbocycles. The Labute approximate surface area is 112 Å². The van der Waals surface area contributed by atoms with Crippen molar-refractivity contribution in [3.05, 3.63) is 22.4 Å². The summed E-state index contributed by atoms with van der Waals surface area (Å²) in [4.78, 5) is 2.44. The average Bonchev–Trinajstić information content (AvgIpc) is 2.79. The van der Waals surface area contributed by atoms with Crippen molar-refractivity contribution >= 4 is 27.3 Å². The minimum absolute atomic E-state index is 0.435. The van der Waals surface area contributed by atoms with Gasteiger partial charge in [-0.1, -0.05) is 29.8 Å². The summed E-state index contributed by atoms with van der Waals surface area (Å²) in [5.41, 5.74) is 1.87. The van der Waals surface area contributed by atoms with Crippen molar-refractivity contribution in [3.8, 4) is 0 Å². The summed E-state index contributed by atoms with van der Waals surface area (Å²) in [5.74, 6) is 0. The van der Waals surface area contributed by atoms with Crippen LogP contribution in [0.4, 0.5) is 0 Å². The highest BCUT2D eigenvalue weighted by Crippen LogP contribution is 2.30. The molecule has 0 bridgehead atoms. The standard InChI is InChI=1S/C13H22BrNS/c1-4-13(5-2,10-14)11-15(3)8-12-6-7-16-9-12/h6-7,9H,4-5,8,10-11H2,1-3H3. The van der Waals surface area contributed by atoms with E-state index in [4.69, 9.17) is 0 Å². The Balaban J connectivity index is 2.51. The third kappa shape index (κ3) is 3.86. The molecule has 16 heavy (non-hydrogen) atoms. The van der Waals surface area contributed by atoms with Gasteiger partial charge >= 0.3 is 0 Å². The molecule has 0 aliphatic heterocycles. The van der Waals surface area contributed by atoms with E-state index < -0.39 is 0 Å². The summed E-state index contributed by atoms with van der Waals surface area (Å²) in [6.07, 6.45) is 2.48. The number of alkyl halides is 1. The second kappa shape index (κ2) is 6.77. The highest BCUT2D eigenvalue weighted by Gasteiger charge is 2.26. The predicted octanol–water partition coefficient (Wildman–Crippen LogP) is 4.38. The minimum Gasteiger partial charge on any atom is -0.302 e. The molecule has 0 saturated heterocycles. The van der Waals surface area contributed by atoms with E-state index in [9.17, 15) is 0 Å². The molecule has 1 heterocycles. The van der Waals surface area contributed by atoms with Gasteiger partial charge in [-0.3, -0.25) is 0 Å². The summed E-state index contributed by atoms with van der Waals surface area (Å²) in [5, 5.41) is 5.49. The van der Waals surface area contributed by atoms with E-state index in [1.165, 1.54) is 24.9 Å². The van der Waals surface area contributed by atoms with Gasteiger partial charge in [-0.2, -0.15) is 11.3 Å². The molecule has 1 aromatic rings. The maximum atomic E-state index is 3.68. The SMILES string of the molecule is CCC(CC)(CBr)CN(C)Cc1ccsc1. The van der Waals surface area contributed by atoms with Gasteiger partial charge in [0, 0.05) is 18.4 Å². The van der Waals surface area contributed by atoms with Crippen LogP contribution in [-0.2, 0) is 6.54 Å². The average molecular weight is 304 g/mol. The number of hydrogen-bond acceptors (Lipinski definition) is 2. The maximum Gasteiger partial charge on any atom is 0.0239 e. The van der Waals surface area contributed by atoms with Crippen LogP contribution >= 0.6 is 27.3 Å². The molecule has 1 aromatic heterocycles. The molecule has 0 amide bonds. The van der Waals surface area contributed by atoms with E-state index in [0.717, 1.165) is 11.9 Å². The quantitative estimate of drug-likeness (QED) is 0.676. The molecule has 0 radical (unpaired) electrons. The monoisotopic (exact) mass is 303 g/mol. The number of thiophene rings is 1. The van der Waals surface area contributed by atoms with Gasteiger partial charge in [0.1, 0.15) is 0 Å². The van der Waals surface area contributed by atoms with Crippen molar-refractivity contribution in [2.24, 2.45) is 5.41 Å². The number of rotatable bonds is 7. The Bertz CT molecular complexity index is 272. The van der Waals surface area contributed by atoms with Crippen molar-refractivity contribution in [1.82, 2.24) is 4.90 Å². The molecule has 0 atom stereocenters. The van der Waals surface area contributed by atoms with Gasteiger partial charge < -0.3 is 4.90 Å². The van der Waals surface area contributed by atoms with E-state index in [1.807, 2.05) is 0 Å². The molecule has 92 valence electrons. The van der Waals surface area contributed by atoms with Crippen molar-refractivity contribution in [3.63, 3.8) is 0 Å². The van der Waals surface area contributed by atoms with Gasteiger partial charge in [-0.25, -0.2) is 0 Å². The molecule has 0 fully saturated rings. The molecular formula is C13H22BrNS. The number of hydrogen-bond donors (Lipinski definition) is 0. The first-order valence-corrected chi connectivity index (χ1v) is 7.98. The highest BCUT2D eigenvalue weighted by molar-refractivity contribution is 9.09. The zero-order valence-corrected chi connectivity index (χ0v) is 12.9. The van der Waals surface area contributed by atoms with Gasteiger partial charge in [-0.05, 0) is 47.7 Å². The molecule has 1 rings (SSSR count). The molecule has 0 unspecified atom stereocenters. The maximum absolute atomic E-state index is 3.68. The fraction of sp³-hybridized carbons (Fsp3) is 0.692. The Hall–Kier alpha value is 0.140. The summed E-state index contributed by atoms with van der Waals surface area (Å²) in [7, 11) is 2.22. The summed E-state index contributed by atoms with van der Waals surface area (Å²) >= 11 is 5.46.